The van der Waals surface area contributed by atoms with Crippen LogP contribution in [0.1, 0.15) is 30.9 Å². The maximum absolute atomic E-state index is 13.3. The van der Waals surface area contributed by atoms with Crippen molar-refractivity contribution < 1.29 is 23.9 Å². The van der Waals surface area contributed by atoms with E-state index in [1.807, 2.05) is 18.2 Å². The van der Waals surface area contributed by atoms with Crippen molar-refractivity contribution in [1.82, 2.24) is 5.32 Å². The minimum absolute atomic E-state index is 0.125. The first kappa shape index (κ1) is 22.4. The first-order valence-electron chi connectivity index (χ1n) is 11.0. The summed E-state index contributed by atoms with van der Waals surface area (Å²) in [7, 11) is 2.92. The Balaban J connectivity index is 1.67. The molecule has 1 saturated heterocycles. The Hall–Kier alpha value is -3.81. The number of benzene rings is 2. The van der Waals surface area contributed by atoms with E-state index in [4.69, 9.17) is 9.47 Å². The molecular formula is C25H27N3O5. The van der Waals surface area contributed by atoms with Gasteiger partial charge in [0.1, 0.15) is 17.1 Å². The van der Waals surface area contributed by atoms with Crippen LogP contribution in [-0.4, -0.2) is 45.2 Å². The normalized spacial score (nSPS) is 16.8. The third kappa shape index (κ3) is 4.28. The number of nitrogens with one attached hydrogen (secondary N) is 1. The minimum Gasteiger partial charge on any atom is -0.497 e. The van der Waals surface area contributed by atoms with Crippen molar-refractivity contribution in [3.8, 4) is 11.5 Å². The van der Waals surface area contributed by atoms with Crippen molar-refractivity contribution in [1.29, 1.82) is 0 Å². The van der Waals surface area contributed by atoms with Gasteiger partial charge in [-0.2, -0.15) is 0 Å². The summed E-state index contributed by atoms with van der Waals surface area (Å²) in [4.78, 5) is 41.7. The zero-order valence-corrected chi connectivity index (χ0v) is 19.0. The van der Waals surface area contributed by atoms with E-state index in [-0.39, 0.29) is 11.3 Å². The van der Waals surface area contributed by atoms with Crippen molar-refractivity contribution in [3.63, 3.8) is 0 Å². The molecule has 8 heteroatoms. The smallest absolute Gasteiger partial charge is 0.336 e. The molecule has 1 N–H and O–H groups in total. The van der Waals surface area contributed by atoms with Gasteiger partial charge >= 0.3 is 6.03 Å². The minimum atomic E-state index is -0.839. The molecule has 0 aromatic heterocycles. The van der Waals surface area contributed by atoms with Gasteiger partial charge in [-0.3, -0.25) is 14.9 Å². The van der Waals surface area contributed by atoms with Gasteiger partial charge in [-0.05, 0) is 54.3 Å². The highest BCUT2D eigenvalue weighted by molar-refractivity contribution is 6.39. The zero-order valence-electron chi connectivity index (χ0n) is 19.0. The van der Waals surface area contributed by atoms with Crippen LogP contribution < -0.4 is 24.6 Å². The third-order valence-electron chi connectivity index (χ3n) is 5.92. The number of hydrogen-bond donors (Lipinski definition) is 1. The van der Waals surface area contributed by atoms with E-state index in [2.05, 4.69) is 17.1 Å². The van der Waals surface area contributed by atoms with Gasteiger partial charge in [0.15, 0.2) is 0 Å². The van der Waals surface area contributed by atoms with E-state index in [9.17, 15) is 14.4 Å². The van der Waals surface area contributed by atoms with Gasteiger partial charge < -0.3 is 14.4 Å². The monoisotopic (exact) mass is 449 g/mol. The first-order valence-corrected chi connectivity index (χ1v) is 11.0. The van der Waals surface area contributed by atoms with Crippen molar-refractivity contribution in [2.45, 2.75) is 26.2 Å². The summed E-state index contributed by atoms with van der Waals surface area (Å²) in [5, 5.41) is 2.25. The first-order chi connectivity index (χ1) is 16.0. The fourth-order valence-electron chi connectivity index (χ4n) is 4.18. The Morgan fingerprint density at radius 2 is 1.85 bits per heavy atom. The lowest BCUT2D eigenvalue weighted by Gasteiger charge is -2.27. The maximum Gasteiger partial charge on any atom is 0.336 e. The number of fused-ring (bicyclic) bond motifs is 1. The topological polar surface area (TPSA) is 88.2 Å². The number of barbiturate groups is 1. The molecule has 0 spiro atoms. The number of urea groups is 1. The standard InChI is InChI=1S/C25H27N3O5/c1-4-5-11-27-12-10-17-13-16(6-8-20(17)27)14-19-23(29)26-25(31)28(24(19)30)21-15-18(32-2)7-9-22(21)33-3/h6-9,13-15H,4-5,10-12H2,1-3H3,(H,26,29,31). The number of methoxy groups -OCH3 is 2. The number of amides is 4. The second-order valence-corrected chi connectivity index (χ2v) is 7.97. The number of imide groups is 2. The number of nitrogens with zero attached hydrogens (tertiary/aromatic N) is 2. The van der Waals surface area contributed by atoms with E-state index < -0.39 is 17.8 Å². The molecule has 1 fully saturated rings. The van der Waals surface area contributed by atoms with E-state index in [1.54, 1.807) is 12.1 Å². The van der Waals surface area contributed by atoms with Crippen molar-refractivity contribution in [2.75, 3.05) is 37.1 Å². The van der Waals surface area contributed by atoms with Crippen LogP contribution in [0.3, 0.4) is 0 Å². The molecule has 0 unspecified atom stereocenters. The summed E-state index contributed by atoms with van der Waals surface area (Å²) < 4.78 is 10.5. The number of carbonyl (C=O) groups is 3. The highest BCUT2D eigenvalue weighted by Crippen LogP contribution is 2.35. The largest absolute Gasteiger partial charge is 0.497 e. The Labute approximate surface area is 192 Å². The Morgan fingerprint density at radius 1 is 1.03 bits per heavy atom. The van der Waals surface area contributed by atoms with Gasteiger partial charge in [-0.1, -0.05) is 19.4 Å². The quantitative estimate of drug-likeness (QED) is 0.514. The molecule has 2 aromatic rings. The lowest BCUT2D eigenvalue weighted by Crippen LogP contribution is -2.54. The summed E-state index contributed by atoms with van der Waals surface area (Å²) in [6.07, 6.45) is 4.72. The summed E-state index contributed by atoms with van der Waals surface area (Å²) in [5.74, 6) is -0.702. The van der Waals surface area contributed by atoms with Crippen LogP contribution in [0.15, 0.2) is 42.0 Å². The number of rotatable bonds is 7. The Morgan fingerprint density at radius 3 is 2.58 bits per heavy atom. The molecule has 0 aliphatic carbocycles. The summed E-state index contributed by atoms with van der Waals surface area (Å²) in [5.41, 5.74) is 3.18. The van der Waals surface area contributed by atoms with Gasteiger partial charge in [0, 0.05) is 24.8 Å². The molecule has 4 amide bonds. The van der Waals surface area contributed by atoms with Gasteiger partial charge in [0.2, 0.25) is 0 Å². The molecule has 2 heterocycles. The zero-order chi connectivity index (χ0) is 23.5. The number of ether oxygens (including phenoxy) is 2. The van der Waals surface area contributed by atoms with Gasteiger partial charge in [-0.15, -0.1) is 0 Å². The molecule has 4 rings (SSSR count). The number of anilines is 2. The van der Waals surface area contributed by atoms with E-state index in [0.717, 1.165) is 42.8 Å². The Kier molecular flexibility index (Phi) is 6.35. The molecular weight excluding hydrogens is 422 g/mol. The summed E-state index contributed by atoms with van der Waals surface area (Å²) >= 11 is 0. The van der Waals surface area contributed by atoms with Crippen LogP contribution in [0.5, 0.6) is 11.5 Å². The molecule has 0 atom stereocenters. The van der Waals surface area contributed by atoms with Crippen LogP contribution in [0.2, 0.25) is 0 Å². The van der Waals surface area contributed by atoms with E-state index in [0.29, 0.717) is 11.5 Å². The van der Waals surface area contributed by atoms with Gasteiger partial charge in [0.25, 0.3) is 11.8 Å². The predicted octanol–water partition coefficient (Wildman–Crippen LogP) is 3.53. The Bertz CT molecular complexity index is 1140. The fraction of sp³-hybridized carbons (Fsp3) is 0.320. The maximum atomic E-state index is 13.3. The summed E-state index contributed by atoms with van der Waals surface area (Å²) in [6, 6.07) is 9.86. The van der Waals surface area contributed by atoms with Crippen LogP contribution in [0.4, 0.5) is 16.2 Å². The lowest BCUT2D eigenvalue weighted by atomic mass is 10.0. The average Bonchev–Trinajstić information content (AvgIpc) is 3.22. The summed E-state index contributed by atoms with van der Waals surface area (Å²) in [6.45, 7) is 4.16. The average molecular weight is 450 g/mol. The molecule has 172 valence electrons. The highest BCUT2D eigenvalue weighted by Gasteiger charge is 2.38. The highest BCUT2D eigenvalue weighted by atomic mass is 16.5. The van der Waals surface area contributed by atoms with Crippen molar-refractivity contribution in [2.24, 2.45) is 0 Å². The molecule has 0 saturated carbocycles. The van der Waals surface area contributed by atoms with Crippen LogP contribution in [-0.2, 0) is 16.0 Å². The van der Waals surface area contributed by atoms with Gasteiger partial charge in [-0.25, -0.2) is 9.69 Å². The SMILES string of the molecule is CCCCN1CCc2cc(C=C3C(=O)NC(=O)N(c4cc(OC)ccc4OC)C3=O)ccc21. The molecule has 0 radical (unpaired) electrons. The molecule has 8 nitrogen and oxygen atoms in total. The fourth-order valence-corrected chi connectivity index (χ4v) is 4.18. The molecule has 2 aliphatic heterocycles. The lowest BCUT2D eigenvalue weighted by molar-refractivity contribution is -0.122. The van der Waals surface area contributed by atoms with E-state index in [1.165, 1.54) is 37.6 Å². The van der Waals surface area contributed by atoms with Crippen molar-refractivity contribution in [3.05, 3.63) is 53.1 Å². The van der Waals surface area contributed by atoms with Crippen LogP contribution in [0.25, 0.3) is 6.08 Å². The predicted molar refractivity (Wildman–Crippen MR) is 126 cm³/mol. The third-order valence-corrected chi connectivity index (χ3v) is 5.92. The number of hydrogen-bond acceptors (Lipinski definition) is 6. The van der Waals surface area contributed by atoms with E-state index >= 15 is 0 Å². The van der Waals surface area contributed by atoms with Crippen LogP contribution >= 0.6 is 0 Å². The molecule has 0 bridgehead atoms. The molecule has 2 aliphatic rings. The van der Waals surface area contributed by atoms with Crippen molar-refractivity contribution >= 4 is 35.3 Å². The second-order valence-electron chi connectivity index (χ2n) is 7.97. The van der Waals surface area contributed by atoms with Crippen LogP contribution in [0, 0.1) is 0 Å². The molecule has 2 aromatic carbocycles. The second kappa shape index (κ2) is 9.36. The van der Waals surface area contributed by atoms with Gasteiger partial charge in [0.05, 0.1) is 19.9 Å². The molecule has 33 heavy (non-hydrogen) atoms. The number of carbonyl (C=O) groups excluding carboxylic acids is 3. The number of unbranched alkanes of at least 4 members (excludes halogenated alkanes) is 1.